The van der Waals surface area contributed by atoms with Gasteiger partial charge in [0.15, 0.2) is 0 Å². The van der Waals surface area contributed by atoms with Crippen LogP contribution in [0.5, 0.6) is 0 Å². The Hall–Kier alpha value is -1.46. The fourth-order valence-electron chi connectivity index (χ4n) is 3.80. The third-order valence-corrected chi connectivity index (χ3v) is 5.48. The molecule has 0 spiro atoms. The zero-order valence-electron chi connectivity index (χ0n) is 14.1. The largest absolute Gasteiger partial charge is 0.381 e. The SMILES string of the molecule is O=C(C1CCOC1)N1CC[C@@H](OCC2CC2)[C@H]1Cc1ccncc1. The molecule has 0 N–H and O–H groups in total. The summed E-state index contributed by atoms with van der Waals surface area (Å²) in [4.78, 5) is 19.1. The second-order valence-electron chi connectivity index (χ2n) is 7.32. The van der Waals surface area contributed by atoms with Gasteiger partial charge in [0.2, 0.25) is 5.91 Å². The molecule has 3 atom stereocenters. The van der Waals surface area contributed by atoms with Gasteiger partial charge in [-0.2, -0.15) is 0 Å². The van der Waals surface area contributed by atoms with Gasteiger partial charge < -0.3 is 14.4 Å². The van der Waals surface area contributed by atoms with E-state index in [1.165, 1.54) is 18.4 Å². The van der Waals surface area contributed by atoms with E-state index >= 15 is 0 Å². The van der Waals surface area contributed by atoms with Gasteiger partial charge in [-0.3, -0.25) is 9.78 Å². The monoisotopic (exact) mass is 330 g/mol. The average molecular weight is 330 g/mol. The lowest BCUT2D eigenvalue weighted by Crippen LogP contribution is -2.44. The lowest BCUT2D eigenvalue weighted by atomic mass is 10.0. The fraction of sp³-hybridized carbons (Fsp3) is 0.684. The van der Waals surface area contributed by atoms with Gasteiger partial charge in [0.1, 0.15) is 0 Å². The zero-order chi connectivity index (χ0) is 16.4. The predicted molar refractivity (Wildman–Crippen MR) is 89.4 cm³/mol. The lowest BCUT2D eigenvalue weighted by molar-refractivity contribution is -0.137. The summed E-state index contributed by atoms with van der Waals surface area (Å²) in [5, 5.41) is 0. The number of nitrogens with zero attached hydrogens (tertiary/aromatic N) is 2. The van der Waals surface area contributed by atoms with Crippen molar-refractivity contribution >= 4 is 5.91 Å². The first-order valence-corrected chi connectivity index (χ1v) is 9.20. The number of hydrogen-bond acceptors (Lipinski definition) is 4. The minimum Gasteiger partial charge on any atom is -0.381 e. The number of pyridine rings is 1. The van der Waals surface area contributed by atoms with E-state index in [2.05, 4.69) is 9.88 Å². The molecule has 130 valence electrons. The van der Waals surface area contributed by atoms with E-state index in [-0.39, 0.29) is 24.0 Å². The van der Waals surface area contributed by atoms with Crippen LogP contribution in [0.25, 0.3) is 0 Å². The number of hydrogen-bond donors (Lipinski definition) is 0. The van der Waals surface area contributed by atoms with Gasteiger partial charge in [-0.25, -0.2) is 0 Å². The number of carbonyl (C=O) groups is 1. The number of amides is 1. The minimum absolute atomic E-state index is 0.0344. The predicted octanol–water partition coefficient (Wildman–Crippen LogP) is 2.06. The Balaban J connectivity index is 1.47. The van der Waals surface area contributed by atoms with Crippen LogP contribution in [0.3, 0.4) is 0 Å². The number of ether oxygens (including phenoxy) is 2. The maximum atomic E-state index is 12.9. The standard InChI is InChI=1S/C19H26N2O3/c22-19(16-6-10-23-13-16)21-9-5-18(24-12-15-1-2-15)17(21)11-14-3-7-20-8-4-14/h3-4,7-8,15-18H,1-2,5-6,9-13H2/t16?,17-,18-/m1/s1. The molecule has 3 heterocycles. The summed E-state index contributed by atoms with van der Waals surface area (Å²) in [6.45, 7) is 2.94. The van der Waals surface area contributed by atoms with E-state index in [0.717, 1.165) is 38.3 Å². The number of aromatic nitrogens is 1. The topological polar surface area (TPSA) is 51.7 Å². The summed E-state index contributed by atoms with van der Waals surface area (Å²) in [5.74, 6) is 1.04. The summed E-state index contributed by atoms with van der Waals surface area (Å²) in [6.07, 6.45) is 9.03. The van der Waals surface area contributed by atoms with Gasteiger partial charge in [0.25, 0.3) is 0 Å². The quantitative estimate of drug-likeness (QED) is 0.801. The highest BCUT2D eigenvalue weighted by molar-refractivity contribution is 5.80. The van der Waals surface area contributed by atoms with Crippen LogP contribution in [0.2, 0.25) is 0 Å². The van der Waals surface area contributed by atoms with E-state index in [1.54, 1.807) is 0 Å². The molecule has 4 rings (SSSR count). The molecule has 5 heteroatoms. The summed E-state index contributed by atoms with van der Waals surface area (Å²) in [7, 11) is 0. The van der Waals surface area contributed by atoms with Crippen LogP contribution in [0, 0.1) is 11.8 Å². The lowest BCUT2D eigenvalue weighted by Gasteiger charge is -2.30. The molecular weight excluding hydrogens is 304 g/mol. The molecule has 2 saturated heterocycles. The molecule has 5 nitrogen and oxygen atoms in total. The normalized spacial score (nSPS) is 30.0. The summed E-state index contributed by atoms with van der Waals surface area (Å²) < 4.78 is 11.6. The molecule has 1 aromatic heterocycles. The Labute approximate surface area is 143 Å². The van der Waals surface area contributed by atoms with Gasteiger partial charge in [-0.05, 0) is 55.7 Å². The van der Waals surface area contributed by atoms with Crippen LogP contribution in [0.15, 0.2) is 24.5 Å². The van der Waals surface area contributed by atoms with Crippen molar-refractivity contribution in [3.8, 4) is 0 Å². The van der Waals surface area contributed by atoms with Crippen molar-refractivity contribution in [3.05, 3.63) is 30.1 Å². The molecule has 3 aliphatic rings. The molecule has 1 aliphatic carbocycles. The van der Waals surface area contributed by atoms with Gasteiger partial charge in [-0.1, -0.05) is 0 Å². The van der Waals surface area contributed by atoms with Crippen molar-refractivity contribution in [2.75, 3.05) is 26.4 Å². The van der Waals surface area contributed by atoms with Crippen molar-refractivity contribution in [2.24, 2.45) is 11.8 Å². The minimum atomic E-state index is 0.0344. The van der Waals surface area contributed by atoms with Gasteiger partial charge in [0.05, 0.1) is 24.7 Å². The van der Waals surface area contributed by atoms with E-state index in [4.69, 9.17) is 9.47 Å². The maximum Gasteiger partial charge on any atom is 0.228 e. The molecule has 3 fully saturated rings. The highest BCUT2D eigenvalue weighted by atomic mass is 16.5. The molecular formula is C19H26N2O3. The second-order valence-corrected chi connectivity index (χ2v) is 7.32. The van der Waals surface area contributed by atoms with E-state index in [9.17, 15) is 4.79 Å². The first-order valence-electron chi connectivity index (χ1n) is 9.20. The summed E-state index contributed by atoms with van der Waals surface area (Å²) in [5.41, 5.74) is 1.22. The van der Waals surface area contributed by atoms with E-state index < -0.39 is 0 Å². The van der Waals surface area contributed by atoms with Gasteiger partial charge >= 0.3 is 0 Å². The molecule has 1 aromatic rings. The Kier molecular flexibility index (Phi) is 4.81. The van der Waals surface area contributed by atoms with Crippen LogP contribution >= 0.6 is 0 Å². The average Bonchev–Trinajstić information content (AvgIpc) is 3.12. The third kappa shape index (κ3) is 3.62. The molecule has 0 aromatic carbocycles. The van der Waals surface area contributed by atoms with Crippen molar-refractivity contribution in [1.29, 1.82) is 0 Å². The molecule has 0 radical (unpaired) electrons. The molecule has 2 aliphatic heterocycles. The van der Waals surface area contributed by atoms with Gasteiger partial charge in [-0.15, -0.1) is 0 Å². The fourth-order valence-corrected chi connectivity index (χ4v) is 3.80. The molecule has 24 heavy (non-hydrogen) atoms. The molecule has 1 amide bonds. The number of carbonyl (C=O) groups excluding carboxylic acids is 1. The third-order valence-electron chi connectivity index (χ3n) is 5.48. The van der Waals surface area contributed by atoms with E-state index in [0.29, 0.717) is 13.2 Å². The van der Waals surface area contributed by atoms with Crippen molar-refractivity contribution < 1.29 is 14.3 Å². The first kappa shape index (κ1) is 16.0. The van der Waals surface area contributed by atoms with Crippen molar-refractivity contribution in [3.63, 3.8) is 0 Å². The van der Waals surface area contributed by atoms with Crippen LogP contribution in [-0.4, -0.2) is 54.3 Å². The second kappa shape index (κ2) is 7.19. The molecule has 1 saturated carbocycles. The molecule has 0 bridgehead atoms. The number of likely N-dealkylation sites (tertiary alicyclic amines) is 1. The van der Waals surface area contributed by atoms with E-state index in [1.807, 2.05) is 24.5 Å². The Morgan fingerprint density at radius 2 is 2.08 bits per heavy atom. The van der Waals surface area contributed by atoms with Crippen LogP contribution in [-0.2, 0) is 20.7 Å². The Morgan fingerprint density at radius 1 is 1.25 bits per heavy atom. The Bertz CT molecular complexity index is 555. The smallest absolute Gasteiger partial charge is 0.228 e. The van der Waals surface area contributed by atoms with Crippen LogP contribution in [0.1, 0.15) is 31.2 Å². The summed E-state index contributed by atoms with van der Waals surface area (Å²) in [6, 6.07) is 4.22. The van der Waals surface area contributed by atoms with Crippen molar-refractivity contribution in [2.45, 2.75) is 44.2 Å². The zero-order valence-corrected chi connectivity index (χ0v) is 14.1. The van der Waals surface area contributed by atoms with Crippen molar-refractivity contribution in [1.82, 2.24) is 9.88 Å². The Morgan fingerprint density at radius 3 is 2.79 bits per heavy atom. The van der Waals surface area contributed by atoms with Gasteiger partial charge in [0, 0.05) is 32.2 Å². The number of rotatable bonds is 6. The van der Waals surface area contributed by atoms with Crippen LogP contribution in [0.4, 0.5) is 0 Å². The van der Waals surface area contributed by atoms with Crippen LogP contribution < -0.4 is 0 Å². The maximum absolute atomic E-state index is 12.9. The summed E-state index contributed by atoms with van der Waals surface area (Å²) >= 11 is 0. The molecule has 1 unspecified atom stereocenters. The first-order chi connectivity index (χ1) is 11.8. The highest BCUT2D eigenvalue weighted by Gasteiger charge is 2.41. The highest BCUT2D eigenvalue weighted by Crippen LogP contribution is 2.32.